The largest absolute Gasteiger partial charge is 0.481 e. The van der Waals surface area contributed by atoms with Crippen molar-refractivity contribution in [1.29, 1.82) is 5.41 Å². The molecule has 0 saturated carbocycles. The molecule has 0 aliphatic carbocycles. The van der Waals surface area contributed by atoms with E-state index in [9.17, 15) is 9.59 Å². The summed E-state index contributed by atoms with van der Waals surface area (Å²) in [6.07, 6.45) is 4.86. The summed E-state index contributed by atoms with van der Waals surface area (Å²) in [7, 11) is 3.14. The molecule has 2 amide bonds. The molecule has 0 atom stereocenters. The molecule has 158 valence electrons. The van der Waals surface area contributed by atoms with Gasteiger partial charge in [0.1, 0.15) is 6.26 Å². The van der Waals surface area contributed by atoms with Crippen LogP contribution in [-0.4, -0.2) is 53.2 Å². The van der Waals surface area contributed by atoms with E-state index in [0.717, 1.165) is 0 Å². The number of hydrogen-bond donors (Lipinski definition) is 3. The lowest BCUT2D eigenvalue weighted by molar-refractivity contribution is -0.131. The number of ether oxygens (including phenoxy) is 1. The number of hydrogen-bond acceptors (Lipinski definition) is 8. The fourth-order valence-corrected chi connectivity index (χ4v) is 2.98. The van der Waals surface area contributed by atoms with E-state index in [1.54, 1.807) is 25.4 Å². The van der Waals surface area contributed by atoms with Crippen LogP contribution in [-0.2, 0) is 4.79 Å². The van der Waals surface area contributed by atoms with Crippen molar-refractivity contribution < 1.29 is 18.7 Å². The summed E-state index contributed by atoms with van der Waals surface area (Å²) < 4.78 is 10.5. The van der Waals surface area contributed by atoms with Gasteiger partial charge in [-0.2, -0.15) is 0 Å². The zero-order valence-electron chi connectivity index (χ0n) is 17.3. The van der Waals surface area contributed by atoms with Gasteiger partial charge in [-0.05, 0) is 12.5 Å². The summed E-state index contributed by atoms with van der Waals surface area (Å²) in [5.74, 6) is -0.188. The van der Waals surface area contributed by atoms with E-state index in [1.165, 1.54) is 24.5 Å². The van der Waals surface area contributed by atoms with Crippen molar-refractivity contribution in [2.45, 2.75) is 20.3 Å². The number of carbonyl (C=O) groups excluding carboxylic acids is 2. The molecule has 1 aliphatic heterocycles. The fraction of sp³-hybridized carbons (Fsp3) is 0.350. The molecule has 2 aromatic rings. The number of nitrogens with one attached hydrogen (secondary N) is 3. The molecule has 0 bridgehead atoms. The Morgan fingerprint density at radius 1 is 1.43 bits per heavy atom. The molecule has 0 radical (unpaired) electrons. The van der Waals surface area contributed by atoms with Gasteiger partial charge in [-0.1, -0.05) is 13.8 Å². The van der Waals surface area contributed by atoms with Crippen LogP contribution in [0, 0.1) is 10.8 Å². The van der Waals surface area contributed by atoms with Crippen molar-refractivity contribution >= 4 is 17.6 Å². The molecule has 3 N–H and O–H groups in total. The quantitative estimate of drug-likeness (QED) is 0.486. The highest BCUT2D eigenvalue weighted by atomic mass is 16.5. The van der Waals surface area contributed by atoms with E-state index in [0.29, 0.717) is 24.4 Å². The van der Waals surface area contributed by atoms with Crippen LogP contribution in [0.2, 0.25) is 0 Å². The van der Waals surface area contributed by atoms with Crippen molar-refractivity contribution in [3.63, 3.8) is 0 Å². The van der Waals surface area contributed by atoms with Gasteiger partial charge in [0.2, 0.25) is 17.7 Å². The zero-order chi connectivity index (χ0) is 21.9. The van der Waals surface area contributed by atoms with Crippen LogP contribution in [0.4, 0.5) is 0 Å². The minimum atomic E-state index is -0.567. The Hall–Kier alpha value is -3.69. The molecule has 10 heteroatoms. The third-order valence-corrected chi connectivity index (χ3v) is 4.77. The molecular weight excluding hydrogens is 388 g/mol. The number of methoxy groups -OCH3 is 1. The molecule has 1 saturated heterocycles. The number of aromatic nitrogens is 2. The van der Waals surface area contributed by atoms with Crippen LogP contribution >= 0.6 is 0 Å². The number of rotatable bonds is 6. The minimum Gasteiger partial charge on any atom is -0.481 e. The first kappa shape index (κ1) is 21.0. The number of amidine groups is 1. The molecule has 0 spiro atoms. The Kier molecular flexibility index (Phi) is 5.86. The highest BCUT2D eigenvalue weighted by Gasteiger charge is 2.41. The monoisotopic (exact) mass is 412 g/mol. The SMILES string of the molecule is CN/C=C(/NC(=O)c1coc(-c2ccnc(OC)c2)n1)C(=N)N1CCC(C)(C)C1=O. The zero-order valence-corrected chi connectivity index (χ0v) is 17.3. The van der Waals surface area contributed by atoms with Crippen molar-refractivity contribution in [3.8, 4) is 17.3 Å². The molecule has 30 heavy (non-hydrogen) atoms. The minimum absolute atomic E-state index is 0.0312. The number of nitrogens with zero attached hydrogens (tertiary/aromatic N) is 3. The molecule has 3 rings (SSSR count). The molecular formula is C20H24N6O4. The molecule has 0 unspecified atom stereocenters. The Morgan fingerprint density at radius 2 is 2.20 bits per heavy atom. The summed E-state index contributed by atoms with van der Waals surface area (Å²) in [5, 5.41) is 13.8. The topological polar surface area (TPSA) is 133 Å². The van der Waals surface area contributed by atoms with Crippen LogP contribution in [0.3, 0.4) is 0 Å². The Morgan fingerprint density at radius 3 is 2.83 bits per heavy atom. The fourth-order valence-electron chi connectivity index (χ4n) is 2.98. The summed E-state index contributed by atoms with van der Waals surface area (Å²) in [4.78, 5) is 34.8. The van der Waals surface area contributed by atoms with Crippen molar-refractivity contribution in [3.05, 3.63) is 42.2 Å². The second-order valence-corrected chi connectivity index (χ2v) is 7.36. The van der Waals surface area contributed by atoms with Crippen LogP contribution in [0.5, 0.6) is 5.88 Å². The smallest absolute Gasteiger partial charge is 0.277 e. The molecule has 3 heterocycles. The van der Waals surface area contributed by atoms with E-state index in [2.05, 4.69) is 20.6 Å². The Bertz CT molecular complexity index is 1010. The van der Waals surface area contributed by atoms with Gasteiger partial charge in [0.15, 0.2) is 11.5 Å². The van der Waals surface area contributed by atoms with Gasteiger partial charge >= 0.3 is 0 Å². The first-order chi connectivity index (χ1) is 14.3. The van der Waals surface area contributed by atoms with E-state index in [1.807, 2.05) is 13.8 Å². The third-order valence-electron chi connectivity index (χ3n) is 4.77. The lowest BCUT2D eigenvalue weighted by Crippen LogP contribution is -2.41. The van der Waals surface area contributed by atoms with Gasteiger partial charge in [-0.3, -0.25) is 19.9 Å². The van der Waals surface area contributed by atoms with Gasteiger partial charge in [0.05, 0.1) is 12.8 Å². The maximum absolute atomic E-state index is 12.7. The van der Waals surface area contributed by atoms with Crippen LogP contribution < -0.4 is 15.4 Å². The molecule has 0 aromatic carbocycles. The number of oxazole rings is 1. The lowest BCUT2D eigenvalue weighted by Gasteiger charge is -2.22. The van der Waals surface area contributed by atoms with Gasteiger partial charge in [0.25, 0.3) is 5.91 Å². The predicted octanol–water partition coefficient (Wildman–Crippen LogP) is 1.77. The molecule has 1 aliphatic rings. The van der Waals surface area contributed by atoms with E-state index >= 15 is 0 Å². The molecule has 10 nitrogen and oxygen atoms in total. The van der Waals surface area contributed by atoms with E-state index in [4.69, 9.17) is 14.6 Å². The number of likely N-dealkylation sites (tertiary alicyclic amines) is 1. The first-order valence-corrected chi connectivity index (χ1v) is 9.32. The number of amides is 2. The van der Waals surface area contributed by atoms with Gasteiger partial charge < -0.3 is 19.8 Å². The van der Waals surface area contributed by atoms with Crippen molar-refractivity contribution in [2.75, 3.05) is 20.7 Å². The highest BCUT2D eigenvalue weighted by molar-refractivity contribution is 6.10. The maximum atomic E-state index is 12.7. The standard InChI is InChI=1S/C20H24N6O4/c1-20(2)6-8-26(19(20)28)16(21)13(10-22-3)24-17(27)14-11-30-18(25-14)12-5-7-23-15(9-12)29-4/h5,7,9-11,21-22H,6,8H2,1-4H3,(H,24,27)/b13-10+,21-16?. The van der Waals surface area contributed by atoms with Crippen molar-refractivity contribution in [1.82, 2.24) is 25.5 Å². The van der Waals surface area contributed by atoms with E-state index < -0.39 is 11.3 Å². The predicted molar refractivity (Wildman–Crippen MR) is 109 cm³/mol. The maximum Gasteiger partial charge on any atom is 0.277 e. The summed E-state index contributed by atoms with van der Waals surface area (Å²) in [5.41, 5.74) is 0.255. The second kappa shape index (κ2) is 8.36. The summed E-state index contributed by atoms with van der Waals surface area (Å²) >= 11 is 0. The van der Waals surface area contributed by atoms with Gasteiger partial charge in [-0.15, -0.1) is 0 Å². The normalized spacial score (nSPS) is 15.8. The Labute approximate surface area is 173 Å². The van der Waals surface area contributed by atoms with Gasteiger partial charge in [0, 0.05) is 43.0 Å². The molecule has 2 aromatic heterocycles. The van der Waals surface area contributed by atoms with Crippen LogP contribution in [0.15, 0.2) is 40.9 Å². The van der Waals surface area contributed by atoms with E-state index in [-0.39, 0.29) is 29.0 Å². The van der Waals surface area contributed by atoms with Gasteiger partial charge in [-0.25, -0.2) is 9.97 Å². The lowest BCUT2D eigenvalue weighted by atomic mass is 9.92. The third kappa shape index (κ3) is 4.17. The highest BCUT2D eigenvalue weighted by Crippen LogP contribution is 2.31. The second-order valence-electron chi connectivity index (χ2n) is 7.36. The van der Waals surface area contributed by atoms with Crippen molar-refractivity contribution in [2.24, 2.45) is 5.41 Å². The van der Waals surface area contributed by atoms with Crippen LogP contribution in [0.25, 0.3) is 11.5 Å². The number of pyridine rings is 1. The first-order valence-electron chi connectivity index (χ1n) is 9.32. The average molecular weight is 412 g/mol. The number of carbonyl (C=O) groups is 2. The van der Waals surface area contributed by atoms with Crippen LogP contribution in [0.1, 0.15) is 30.8 Å². The summed E-state index contributed by atoms with van der Waals surface area (Å²) in [6, 6.07) is 3.31. The summed E-state index contributed by atoms with van der Waals surface area (Å²) in [6.45, 7) is 4.10. The average Bonchev–Trinajstić information content (AvgIpc) is 3.33. The molecule has 1 fully saturated rings. The Balaban J connectivity index is 1.76.